The van der Waals surface area contributed by atoms with E-state index in [0.29, 0.717) is 22.5 Å². The van der Waals surface area contributed by atoms with Crippen LogP contribution in [0, 0.1) is 11.7 Å². The molecule has 3 rings (SSSR count). The fourth-order valence-electron chi connectivity index (χ4n) is 4.83. The van der Waals surface area contributed by atoms with Gasteiger partial charge in [-0.2, -0.15) is 0 Å². The van der Waals surface area contributed by atoms with Crippen molar-refractivity contribution in [1.29, 1.82) is 0 Å². The lowest BCUT2D eigenvalue weighted by Crippen LogP contribution is -2.54. The molecule has 2 aromatic rings. The number of amides is 2. The van der Waals surface area contributed by atoms with E-state index >= 15 is 0 Å². The topological polar surface area (TPSA) is 84.2 Å². The van der Waals surface area contributed by atoms with Crippen LogP contribution in [0.25, 0.3) is 11.8 Å². The molecule has 0 unspecified atom stereocenters. The number of rotatable bonds is 8. The maximum absolute atomic E-state index is 14.5. The Morgan fingerprint density at radius 1 is 1.13 bits per heavy atom. The molecule has 39 heavy (non-hydrogen) atoms. The molecule has 1 aromatic heterocycles. The van der Waals surface area contributed by atoms with Gasteiger partial charge in [-0.3, -0.25) is 14.6 Å². The van der Waals surface area contributed by atoms with Crippen molar-refractivity contribution >= 4 is 30.1 Å². The molecule has 2 amide bonds. The molecule has 0 radical (unpaired) electrons. The van der Waals surface area contributed by atoms with Gasteiger partial charge < -0.3 is 19.1 Å². The molecule has 0 bridgehead atoms. The number of benzene rings is 1. The minimum absolute atomic E-state index is 0.109. The molecule has 2 heterocycles. The minimum Gasteiger partial charge on any atom is -0.444 e. The summed E-state index contributed by atoms with van der Waals surface area (Å²) in [5, 5.41) is 0. The number of halogens is 1. The molecule has 210 valence electrons. The second-order valence-electron chi connectivity index (χ2n) is 11.3. The van der Waals surface area contributed by atoms with E-state index in [9.17, 15) is 18.8 Å². The van der Waals surface area contributed by atoms with Crippen LogP contribution in [0.15, 0.2) is 36.0 Å². The summed E-state index contributed by atoms with van der Waals surface area (Å²) in [7, 11) is 1.60. The van der Waals surface area contributed by atoms with Crippen molar-refractivity contribution < 1.29 is 23.5 Å². The number of carbonyl (C=O) groups is 3. The largest absolute Gasteiger partial charge is 0.444 e. The van der Waals surface area contributed by atoms with Crippen molar-refractivity contribution in [2.75, 3.05) is 20.1 Å². The Morgan fingerprint density at radius 3 is 2.26 bits per heavy atom. The molecule has 0 atom stereocenters. The number of likely N-dealkylation sites (tertiary alicyclic amines) is 1. The van der Waals surface area contributed by atoms with Crippen LogP contribution in [0.4, 0.5) is 9.18 Å². The van der Waals surface area contributed by atoms with E-state index in [1.165, 1.54) is 23.1 Å². The van der Waals surface area contributed by atoms with Crippen LogP contribution in [-0.2, 0) is 4.74 Å². The lowest BCUT2D eigenvalue weighted by atomic mass is 9.90. The van der Waals surface area contributed by atoms with E-state index in [-0.39, 0.29) is 42.4 Å². The summed E-state index contributed by atoms with van der Waals surface area (Å²) in [4.78, 5) is 47.0. The summed E-state index contributed by atoms with van der Waals surface area (Å²) in [5.41, 5.74) is 1.45. The first kappa shape index (κ1) is 29.8. The van der Waals surface area contributed by atoms with E-state index in [0.717, 1.165) is 0 Å². The summed E-state index contributed by atoms with van der Waals surface area (Å²) in [5.74, 6) is -1.42. The first-order valence-corrected chi connectivity index (χ1v) is 13.1. The van der Waals surface area contributed by atoms with Crippen LogP contribution >= 0.6 is 0 Å². The average molecular weight is 539 g/mol. The van der Waals surface area contributed by atoms with Crippen LogP contribution in [0.2, 0.25) is 0 Å². The van der Waals surface area contributed by atoms with Gasteiger partial charge >= 0.3 is 6.09 Å². The van der Waals surface area contributed by atoms with Gasteiger partial charge in [-0.15, -0.1) is 0 Å². The molecular formula is C30H39FN4O4. The number of Topliss-reactive ketones (excluding diaryl/α,β-unsaturated/α-hetero) is 1. The van der Waals surface area contributed by atoms with Gasteiger partial charge in [0, 0.05) is 55.8 Å². The Hall–Kier alpha value is -3.75. The zero-order chi connectivity index (χ0) is 29.2. The summed E-state index contributed by atoms with van der Waals surface area (Å²) in [6.07, 6.45) is 4.35. The second kappa shape index (κ2) is 11.6. The molecule has 1 saturated heterocycles. The van der Waals surface area contributed by atoms with Gasteiger partial charge in [-0.05, 0) is 66.7 Å². The van der Waals surface area contributed by atoms with Gasteiger partial charge in [0.2, 0.25) is 0 Å². The highest BCUT2D eigenvalue weighted by atomic mass is 19.1. The molecule has 0 aliphatic carbocycles. The summed E-state index contributed by atoms with van der Waals surface area (Å²) >= 11 is 0. The Labute approximate surface area is 230 Å². The lowest BCUT2D eigenvalue weighted by Gasteiger charge is -2.38. The SMILES string of the molecule is C=Cc1c(C(=O)C2CN(C(=O)OC(C)(C)C)C2)cn(-c2ccc(F)cc2C(=O)N(C(C)C)C(C)C)c1C=NC. The summed E-state index contributed by atoms with van der Waals surface area (Å²) in [6.45, 7) is 17.4. The van der Waals surface area contributed by atoms with Crippen LogP contribution in [0.1, 0.15) is 80.4 Å². The van der Waals surface area contributed by atoms with Crippen molar-refractivity contribution in [2.45, 2.75) is 66.2 Å². The molecule has 1 aliphatic heterocycles. The zero-order valence-electron chi connectivity index (χ0n) is 24.1. The predicted octanol–water partition coefficient (Wildman–Crippen LogP) is 5.62. The number of aliphatic imine (C=N–C) groups is 1. The van der Waals surface area contributed by atoms with Crippen LogP contribution in [-0.4, -0.2) is 76.2 Å². The highest BCUT2D eigenvalue weighted by Crippen LogP contribution is 2.30. The zero-order valence-corrected chi connectivity index (χ0v) is 24.1. The lowest BCUT2D eigenvalue weighted by molar-refractivity contribution is 0.00147. The molecule has 8 nitrogen and oxygen atoms in total. The Bertz CT molecular complexity index is 1290. The minimum atomic E-state index is -0.626. The highest BCUT2D eigenvalue weighted by molar-refractivity contribution is 6.06. The van der Waals surface area contributed by atoms with Crippen molar-refractivity contribution in [1.82, 2.24) is 14.4 Å². The van der Waals surface area contributed by atoms with E-state index in [1.807, 2.05) is 27.7 Å². The van der Waals surface area contributed by atoms with Gasteiger partial charge in [0.15, 0.2) is 5.78 Å². The molecule has 9 heteroatoms. The number of hydrogen-bond donors (Lipinski definition) is 0. The van der Waals surface area contributed by atoms with Gasteiger partial charge in [-0.1, -0.05) is 12.7 Å². The van der Waals surface area contributed by atoms with Crippen molar-refractivity contribution in [3.63, 3.8) is 0 Å². The maximum Gasteiger partial charge on any atom is 0.410 e. The Kier molecular flexibility index (Phi) is 8.83. The number of ether oxygens (including phenoxy) is 1. The average Bonchev–Trinajstić information content (AvgIpc) is 3.14. The molecule has 0 spiro atoms. The highest BCUT2D eigenvalue weighted by Gasteiger charge is 2.39. The fourth-order valence-corrected chi connectivity index (χ4v) is 4.83. The molecule has 1 aromatic carbocycles. The molecule has 1 fully saturated rings. The maximum atomic E-state index is 14.5. The normalized spacial score (nSPS) is 14.2. The van der Waals surface area contributed by atoms with Crippen LogP contribution in [0.5, 0.6) is 0 Å². The Balaban J connectivity index is 2.05. The van der Waals surface area contributed by atoms with E-state index in [1.54, 1.807) is 55.8 Å². The second-order valence-corrected chi connectivity index (χ2v) is 11.3. The van der Waals surface area contributed by atoms with E-state index < -0.39 is 23.4 Å². The van der Waals surface area contributed by atoms with Crippen molar-refractivity contribution in [3.8, 4) is 5.69 Å². The first-order chi connectivity index (χ1) is 18.2. The van der Waals surface area contributed by atoms with Gasteiger partial charge in [0.1, 0.15) is 11.4 Å². The molecular weight excluding hydrogens is 499 g/mol. The monoisotopic (exact) mass is 538 g/mol. The number of aromatic nitrogens is 1. The first-order valence-electron chi connectivity index (χ1n) is 13.1. The van der Waals surface area contributed by atoms with Crippen LogP contribution < -0.4 is 0 Å². The standard InChI is InChI=1S/C30H39FN4O4/c1-10-22-24(27(36)20-15-33(16-20)29(38)39-30(6,7)8)17-34(26(22)14-32-9)25-12-11-21(31)13-23(25)28(37)35(18(2)3)19(4)5/h10-14,17-20H,1,15-16H2,2-9H3. The molecule has 0 saturated carbocycles. The van der Waals surface area contributed by atoms with Crippen molar-refractivity contribution in [2.24, 2.45) is 10.9 Å². The van der Waals surface area contributed by atoms with E-state index in [4.69, 9.17) is 4.74 Å². The number of nitrogens with zero attached hydrogens (tertiary/aromatic N) is 4. The molecule has 0 N–H and O–H groups in total. The summed E-state index contributed by atoms with van der Waals surface area (Å²) < 4.78 is 21.6. The van der Waals surface area contributed by atoms with Crippen LogP contribution in [0.3, 0.4) is 0 Å². The smallest absolute Gasteiger partial charge is 0.410 e. The third-order valence-corrected chi connectivity index (χ3v) is 6.50. The number of ketones is 1. The third-order valence-electron chi connectivity index (χ3n) is 6.50. The van der Waals surface area contributed by atoms with Gasteiger partial charge in [0.25, 0.3) is 5.91 Å². The predicted molar refractivity (Wildman–Crippen MR) is 151 cm³/mol. The molecule has 1 aliphatic rings. The quantitative estimate of drug-likeness (QED) is 0.323. The van der Waals surface area contributed by atoms with Gasteiger partial charge in [-0.25, -0.2) is 9.18 Å². The summed E-state index contributed by atoms with van der Waals surface area (Å²) in [6, 6.07) is 3.82. The van der Waals surface area contributed by atoms with E-state index in [2.05, 4.69) is 11.6 Å². The Morgan fingerprint density at radius 2 is 1.74 bits per heavy atom. The third kappa shape index (κ3) is 6.29. The number of hydrogen-bond acceptors (Lipinski definition) is 5. The number of carbonyl (C=O) groups excluding carboxylic acids is 3. The van der Waals surface area contributed by atoms with Gasteiger partial charge in [0.05, 0.1) is 22.9 Å². The fraction of sp³-hybridized carbons (Fsp3) is 0.467. The van der Waals surface area contributed by atoms with Crippen molar-refractivity contribution in [3.05, 3.63) is 59.2 Å².